The fourth-order valence-corrected chi connectivity index (χ4v) is 2.90. The number of primary amides is 1. The molecule has 1 amide bonds. The van der Waals surface area contributed by atoms with Gasteiger partial charge in [-0.25, -0.2) is 13.1 Å². The Kier molecular flexibility index (Phi) is 4.31. The number of hydrogen-bond donors (Lipinski definition) is 3. The summed E-state index contributed by atoms with van der Waals surface area (Å²) in [5.41, 5.74) is 12.4. The highest BCUT2D eigenvalue weighted by Gasteiger charge is 2.18. The van der Waals surface area contributed by atoms with E-state index in [-0.39, 0.29) is 17.9 Å². The molecule has 0 fully saturated rings. The minimum absolute atomic E-state index is 0.0229. The van der Waals surface area contributed by atoms with Crippen LogP contribution in [0.1, 0.15) is 17.5 Å². The van der Waals surface area contributed by atoms with E-state index in [1.165, 1.54) is 6.07 Å². The standard InChI is InChI=1S/C11H17N3O3S/c1-7-5-9(12)6-10(8(7)2)18(16,17)14-4-3-11(13)15/h5-6,14H,3-4,12H2,1-2H3,(H2,13,15). The van der Waals surface area contributed by atoms with Crippen LogP contribution in [0, 0.1) is 13.8 Å². The van der Waals surface area contributed by atoms with Crippen LogP contribution in [0.5, 0.6) is 0 Å². The molecule has 18 heavy (non-hydrogen) atoms. The normalized spacial score (nSPS) is 11.4. The summed E-state index contributed by atoms with van der Waals surface area (Å²) >= 11 is 0. The molecule has 6 nitrogen and oxygen atoms in total. The minimum atomic E-state index is -3.67. The molecule has 7 heteroatoms. The predicted molar refractivity (Wildman–Crippen MR) is 69.3 cm³/mol. The molecule has 1 aromatic rings. The van der Waals surface area contributed by atoms with Crippen molar-refractivity contribution in [2.45, 2.75) is 25.2 Å². The fraction of sp³-hybridized carbons (Fsp3) is 0.364. The van der Waals surface area contributed by atoms with Crippen LogP contribution in [0.25, 0.3) is 0 Å². The third kappa shape index (κ3) is 3.44. The third-order valence-electron chi connectivity index (χ3n) is 2.60. The molecule has 0 aliphatic rings. The largest absolute Gasteiger partial charge is 0.399 e. The molecule has 0 aromatic heterocycles. The smallest absolute Gasteiger partial charge is 0.240 e. The number of amides is 1. The Morgan fingerprint density at radius 1 is 1.33 bits per heavy atom. The molecule has 0 spiro atoms. The maximum atomic E-state index is 12.0. The predicted octanol–water partition coefficient (Wildman–Crippen LogP) is 0.0393. The first kappa shape index (κ1) is 14.5. The van der Waals surface area contributed by atoms with Gasteiger partial charge in [0, 0.05) is 18.7 Å². The van der Waals surface area contributed by atoms with Crippen LogP contribution in [0.15, 0.2) is 17.0 Å². The second-order valence-electron chi connectivity index (χ2n) is 4.08. The SMILES string of the molecule is Cc1cc(N)cc(S(=O)(=O)NCCC(N)=O)c1C. The van der Waals surface area contributed by atoms with Gasteiger partial charge in [-0.05, 0) is 37.1 Å². The molecule has 100 valence electrons. The van der Waals surface area contributed by atoms with Crippen molar-refractivity contribution < 1.29 is 13.2 Å². The van der Waals surface area contributed by atoms with Crippen molar-refractivity contribution in [3.63, 3.8) is 0 Å². The number of rotatable bonds is 5. The van der Waals surface area contributed by atoms with Crippen LogP contribution < -0.4 is 16.2 Å². The highest BCUT2D eigenvalue weighted by Crippen LogP contribution is 2.22. The number of nitrogen functional groups attached to an aromatic ring is 1. The maximum absolute atomic E-state index is 12.0. The number of sulfonamides is 1. The molecular formula is C11H17N3O3S. The summed E-state index contributed by atoms with van der Waals surface area (Å²) in [7, 11) is -3.67. The van der Waals surface area contributed by atoms with Gasteiger partial charge in [0.15, 0.2) is 0 Å². The lowest BCUT2D eigenvalue weighted by Gasteiger charge is -2.11. The number of carbonyl (C=O) groups excluding carboxylic acids is 1. The lowest BCUT2D eigenvalue weighted by molar-refractivity contribution is -0.117. The Labute approximate surface area is 106 Å². The van der Waals surface area contributed by atoms with Crippen LogP contribution in [0.3, 0.4) is 0 Å². The average Bonchev–Trinajstić information content (AvgIpc) is 2.22. The zero-order valence-corrected chi connectivity index (χ0v) is 11.2. The highest BCUT2D eigenvalue weighted by molar-refractivity contribution is 7.89. The van der Waals surface area contributed by atoms with Crippen molar-refractivity contribution in [2.75, 3.05) is 12.3 Å². The topological polar surface area (TPSA) is 115 Å². The van der Waals surface area contributed by atoms with Gasteiger partial charge in [0.1, 0.15) is 0 Å². The summed E-state index contributed by atoms with van der Waals surface area (Å²) in [6.07, 6.45) is -0.0421. The van der Waals surface area contributed by atoms with Gasteiger partial charge in [-0.1, -0.05) is 0 Å². The van der Waals surface area contributed by atoms with Crippen LogP contribution in [-0.4, -0.2) is 20.9 Å². The second-order valence-corrected chi connectivity index (χ2v) is 5.81. The van der Waals surface area contributed by atoms with Gasteiger partial charge >= 0.3 is 0 Å². The molecule has 5 N–H and O–H groups in total. The van der Waals surface area contributed by atoms with E-state index < -0.39 is 15.9 Å². The Morgan fingerprint density at radius 3 is 2.50 bits per heavy atom. The number of anilines is 1. The molecule has 0 saturated heterocycles. The summed E-state index contributed by atoms with van der Waals surface area (Å²) in [6, 6.07) is 3.10. The first-order chi connectivity index (χ1) is 8.24. The Hall–Kier alpha value is -1.60. The Balaban J connectivity index is 3.02. The monoisotopic (exact) mass is 271 g/mol. The Bertz CT molecular complexity index is 567. The van der Waals surface area contributed by atoms with Crippen LogP contribution in [0.4, 0.5) is 5.69 Å². The van der Waals surface area contributed by atoms with Crippen molar-refractivity contribution in [3.05, 3.63) is 23.3 Å². The van der Waals surface area contributed by atoms with E-state index in [4.69, 9.17) is 11.5 Å². The van der Waals surface area contributed by atoms with E-state index in [0.29, 0.717) is 11.3 Å². The molecular weight excluding hydrogens is 254 g/mol. The van der Waals surface area contributed by atoms with Gasteiger partial charge < -0.3 is 11.5 Å². The van der Waals surface area contributed by atoms with Crippen molar-refractivity contribution in [3.8, 4) is 0 Å². The van der Waals surface area contributed by atoms with Crippen LogP contribution in [-0.2, 0) is 14.8 Å². The van der Waals surface area contributed by atoms with Gasteiger partial charge in [0.2, 0.25) is 15.9 Å². The molecule has 0 aliphatic carbocycles. The molecule has 0 aliphatic heterocycles. The zero-order chi connectivity index (χ0) is 13.9. The molecule has 1 rings (SSSR count). The van der Waals surface area contributed by atoms with E-state index in [0.717, 1.165) is 5.56 Å². The summed E-state index contributed by atoms with van der Waals surface area (Å²) < 4.78 is 26.4. The average molecular weight is 271 g/mol. The molecule has 1 aromatic carbocycles. The van der Waals surface area contributed by atoms with Gasteiger partial charge in [-0.3, -0.25) is 4.79 Å². The first-order valence-electron chi connectivity index (χ1n) is 5.38. The minimum Gasteiger partial charge on any atom is -0.399 e. The van der Waals surface area contributed by atoms with Crippen LogP contribution in [0.2, 0.25) is 0 Å². The number of nitrogens with one attached hydrogen (secondary N) is 1. The quantitative estimate of drug-likeness (QED) is 0.656. The summed E-state index contributed by atoms with van der Waals surface area (Å²) in [5, 5.41) is 0. The second kappa shape index (κ2) is 5.36. The highest BCUT2D eigenvalue weighted by atomic mass is 32.2. The lowest BCUT2D eigenvalue weighted by atomic mass is 10.1. The Morgan fingerprint density at radius 2 is 1.94 bits per heavy atom. The van der Waals surface area contributed by atoms with Crippen molar-refractivity contribution in [2.24, 2.45) is 5.73 Å². The summed E-state index contributed by atoms with van der Waals surface area (Å²) in [5.74, 6) is -0.557. The van der Waals surface area contributed by atoms with Crippen molar-refractivity contribution >= 4 is 21.6 Å². The van der Waals surface area contributed by atoms with E-state index in [1.54, 1.807) is 19.9 Å². The number of benzene rings is 1. The van der Waals surface area contributed by atoms with E-state index in [1.807, 2.05) is 0 Å². The zero-order valence-electron chi connectivity index (χ0n) is 10.4. The number of carbonyl (C=O) groups is 1. The molecule has 0 heterocycles. The molecule has 0 atom stereocenters. The summed E-state index contributed by atoms with van der Waals surface area (Å²) in [6.45, 7) is 3.47. The van der Waals surface area contributed by atoms with Gasteiger partial charge in [-0.2, -0.15) is 0 Å². The number of aryl methyl sites for hydroxylation is 1. The number of nitrogens with two attached hydrogens (primary N) is 2. The van der Waals surface area contributed by atoms with Gasteiger partial charge in [-0.15, -0.1) is 0 Å². The molecule has 0 radical (unpaired) electrons. The lowest BCUT2D eigenvalue weighted by Crippen LogP contribution is -2.28. The van der Waals surface area contributed by atoms with Crippen molar-refractivity contribution in [1.82, 2.24) is 4.72 Å². The van der Waals surface area contributed by atoms with Crippen molar-refractivity contribution in [1.29, 1.82) is 0 Å². The third-order valence-corrected chi connectivity index (χ3v) is 4.18. The molecule has 0 bridgehead atoms. The number of hydrogen-bond acceptors (Lipinski definition) is 4. The van der Waals surface area contributed by atoms with Gasteiger partial charge in [0.05, 0.1) is 4.90 Å². The fourth-order valence-electron chi connectivity index (χ4n) is 1.52. The van der Waals surface area contributed by atoms with Gasteiger partial charge in [0.25, 0.3) is 0 Å². The first-order valence-corrected chi connectivity index (χ1v) is 6.87. The van der Waals surface area contributed by atoms with E-state index >= 15 is 0 Å². The molecule has 0 saturated carbocycles. The van der Waals surface area contributed by atoms with E-state index in [9.17, 15) is 13.2 Å². The maximum Gasteiger partial charge on any atom is 0.240 e. The molecule has 0 unspecified atom stereocenters. The van der Waals surface area contributed by atoms with E-state index in [2.05, 4.69) is 4.72 Å². The summed E-state index contributed by atoms with van der Waals surface area (Å²) in [4.78, 5) is 10.7. The van der Waals surface area contributed by atoms with Crippen LogP contribution >= 0.6 is 0 Å².